The van der Waals surface area contributed by atoms with Gasteiger partial charge in [0.15, 0.2) is 0 Å². The zero-order valence-electron chi connectivity index (χ0n) is 10.7. The standard InChI is InChI=1S/C14H20ClNS2/c1-17-13-5-3-2-4-11(13)16-10-6-7-12-9(10)8-14(15)18-12/h8,10-11,13,16H,2-7H2,1H3. The van der Waals surface area contributed by atoms with Gasteiger partial charge in [0, 0.05) is 22.2 Å². The first kappa shape index (κ1) is 13.3. The van der Waals surface area contributed by atoms with Crippen LogP contribution in [0.25, 0.3) is 0 Å². The van der Waals surface area contributed by atoms with E-state index < -0.39 is 0 Å². The minimum Gasteiger partial charge on any atom is -0.306 e. The van der Waals surface area contributed by atoms with Crippen LogP contribution in [-0.2, 0) is 6.42 Å². The molecule has 3 atom stereocenters. The average Bonchev–Trinajstić information content (AvgIpc) is 2.91. The van der Waals surface area contributed by atoms with E-state index in [1.165, 1.54) is 49.0 Å². The summed E-state index contributed by atoms with van der Waals surface area (Å²) in [5.41, 5.74) is 1.48. The van der Waals surface area contributed by atoms with Crippen molar-refractivity contribution in [3.63, 3.8) is 0 Å². The summed E-state index contributed by atoms with van der Waals surface area (Å²) in [5.74, 6) is 0. The minimum atomic E-state index is 0.557. The van der Waals surface area contributed by atoms with Crippen LogP contribution in [0, 0.1) is 0 Å². The lowest BCUT2D eigenvalue weighted by atomic mass is 9.93. The number of fused-ring (bicyclic) bond motifs is 1. The van der Waals surface area contributed by atoms with Gasteiger partial charge in [0.25, 0.3) is 0 Å². The number of aryl methyl sites for hydroxylation is 1. The molecule has 0 aliphatic heterocycles. The Morgan fingerprint density at radius 2 is 2.17 bits per heavy atom. The molecule has 1 aromatic heterocycles. The molecule has 0 aromatic carbocycles. The highest BCUT2D eigenvalue weighted by molar-refractivity contribution is 7.99. The molecule has 2 aliphatic rings. The first-order valence-corrected chi connectivity index (χ1v) is 9.33. The largest absolute Gasteiger partial charge is 0.306 e. The minimum absolute atomic E-state index is 0.557. The fraction of sp³-hybridized carbons (Fsp3) is 0.714. The monoisotopic (exact) mass is 301 g/mol. The Morgan fingerprint density at radius 1 is 1.33 bits per heavy atom. The number of nitrogens with one attached hydrogen (secondary N) is 1. The van der Waals surface area contributed by atoms with E-state index >= 15 is 0 Å². The second kappa shape index (κ2) is 5.74. The lowest BCUT2D eigenvalue weighted by Crippen LogP contribution is -2.41. The van der Waals surface area contributed by atoms with Crippen LogP contribution in [0.2, 0.25) is 4.34 Å². The van der Waals surface area contributed by atoms with E-state index in [1.807, 2.05) is 11.8 Å². The Balaban J connectivity index is 1.69. The van der Waals surface area contributed by atoms with E-state index in [9.17, 15) is 0 Å². The molecule has 1 saturated carbocycles. The molecule has 2 aliphatic carbocycles. The summed E-state index contributed by atoms with van der Waals surface area (Å²) in [6.45, 7) is 0. The van der Waals surface area contributed by atoms with E-state index in [2.05, 4.69) is 17.6 Å². The van der Waals surface area contributed by atoms with Gasteiger partial charge in [-0.3, -0.25) is 0 Å². The van der Waals surface area contributed by atoms with Crippen molar-refractivity contribution in [2.45, 2.75) is 55.9 Å². The summed E-state index contributed by atoms with van der Waals surface area (Å²) in [4.78, 5) is 1.51. The molecule has 3 rings (SSSR count). The summed E-state index contributed by atoms with van der Waals surface area (Å²) in [6.07, 6.45) is 10.2. The Labute approximate surface area is 123 Å². The highest BCUT2D eigenvalue weighted by Crippen LogP contribution is 2.40. The molecular formula is C14H20ClNS2. The van der Waals surface area contributed by atoms with Gasteiger partial charge in [0.2, 0.25) is 0 Å². The lowest BCUT2D eigenvalue weighted by molar-refractivity contribution is 0.346. The SMILES string of the molecule is CSC1CCCCC1NC1CCc2sc(Cl)cc21. The highest BCUT2D eigenvalue weighted by Gasteiger charge is 2.31. The van der Waals surface area contributed by atoms with Gasteiger partial charge in [-0.15, -0.1) is 11.3 Å². The first-order valence-electron chi connectivity index (χ1n) is 6.85. The molecule has 1 aromatic rings. The molecular weight excluding hydrogens is 282 g/mol. The molecule has 1 nitrogen and oxygen atoms in total. The van der Waals surface area contributed by atoms with E-state index in [1.54, 1.807) is 11.3 Å². The van der Waals surface area contributed by atoms with Crippen molar-refractivity contribution in [1.82, 2.24) is 5.32 Å². The van der Waals surface area contributed by atoms with Crippen molar-refractivity contribution in [2.75, 3.05) is 6.26 Å². The van der Waals surface area contributed by atoms with Gasteiger partial charge in [0.05, 0.1) is 4.34 Å². The molecule has 3 unspecified atom stereocenters. The molecule has 0 saturated heterocycles. The molecule has 1 heterocycles. The van der Waals surface area contributed by atoms with Crippen molar-refractivity contribution in [2.24, 2.45) is 0 Å². The summed E-state index contributed by atoms with van der Waals surface area (Å²) < 4.78 is 0.955. The molecule has 0 spiro atoms. The van der Waals surface area contributed by atoms with Crippen molar-refractivity contribution in [3.05, 3.63) is 20.8 Å². The van der Waals surface area contributed by atoms with Crippen molar-refractivity contribution in [1.29, 1.82) is 0 Å². The molecule has 0 radical (unpaired) electrons. The van der Waals surface area contributed by atoms with Gasteiger partial charge in [-0.25, -0.2) is 0 Å². The lowest BCUT2D eigenvalue weighted by Gasteiger charge is -2.33. The van der Waals surface area contributed by atoms with E-state index in [4.69, 9.17) is 11.6 Å². The zero-order chi connectivity index (χ0) is 12.5. The number of halogens is 1. The second-order valence-electron chi connectivity index (χ2n) is 5.35. The molecule has 4 heteroatoms. The van der Waals surface area contributed by atoms with Crippen LogP contribution in [0.1, 0.15) is 48.6 Å². The number of rotatable bonds is 3. The van der Waals surface area contributed by atoms with Gasteiger partial charge >= 0.3 is 0 Å². The average molecular weight is 302 g/mol. The Morgan fingerprint density at radius 3 is 3.00 bits per heavy atom. The Hall–Kier alpha value is 0.300. The van der Waals surface area contributed by atoms with Crippen LogP contribution in [0.15, 0.2) is 6.07 Å². The third-order valence-corrected chi connectivity index (χ3v) is 6.78. The second-order valence-corrected chi connectivity index (χ2v) is 8.20. The molecule has 1 fully saturated rings. The van der Waals surface area contributed by atoms with Gasteiger partial charge in [-0.05, 0) is 43.6 Å². The van der Waals surface area contributed by atoms with E-state index in [0.29, 0.717) is 12.1 Å². The predicted molar refractivity (Wildman–Crippen MR) is 83.1 cm³/mol. The van der Waals surface area contributed by atoms with Crippen molar-refractivity contribution in [3.8, 4) is 0 Å². The summed E-state index contributed by atoms with van der Waals surface area (Å²) in [5, 5.41) is 4.72. The Kier molecular flexibility index (Phi) is 4.24. The van der Waals surface area contributed by atoms with E-state index in [0.717, 1.165) is 9.59 Å². The third kappa shape index (κ3) is 2.60. The van der Waals surface area contributed by atoms with Crippen LogP contribution in [-0.4, -0.2) is 17.5 Å². The van der Waals surface area contributed by atoms with Crippen LogP contribution >= 0.6 is 34.7 Å². The molecule has 0 amide bonds. The summed E-state index contributed by atoms with van der Waals surface area (Å²) >= 11 is 9.94. The maximum absolute atomic E-state index is 6.13. The van der Waals surface area contributed by atoms with Gasteiger partial charge < -0.3 is 5.32 Å². The topological polar surface area (TPSA) is 12.0 Å². The molecule has 1 N–H and O–H groups in total. The quantitative estimate of drug-likeness (QED) is 0.872. The van der Waals surface area contributed by atoms with E-state index in [-0.39, 0.29) is 0 Å². The number of thiophene rings is 1. The van der Waals surface area contributed by atoms with Gasteiger partial charge in [0.1, 0.15) is 0 Å². The first-order chi connectivity index (χ1) is 8.78. The van der Waals surface area contributed by atoms with Crippen molar-refractivity contribution < 1.29 is 0 Å². The normalized spacial score (nSPS) is 31.6. The maximum Gasteiger partial charge on any atom is 0.0934 e. The van der Waals surface area contributed by atoms with Gasteiger partial charge in [-0.2, -0.15) is 11.8 Å². The van der Waals surface area contributed by atoms with Crippen LogP contribution in [0.4, 0.5) is 0 Å². The fourth-order valence-corrected chi connectivity index (χ4v) is 5.63. The number of thioether (sulfide) groups is 1. The summed E-state index contributed by atoms with van der Waals surface area (Å²) in [7, 11) is 0. The third-order valence-electron chi connectivity index (χ3n) is 4.27. The predicted octanol–water partition coefficient (Wildman–Crippen LogP) is 4.65. The Bertz CT molecular complexity index is 418. The summed E-state index contributed by atoms with van der Waals surface area (Å²) in [6, 6.07) is 3.44. The van der Waals surface area contributed by atoms with Gasteiger partial charge in [-0.1, -0.05) is 24.4 Å². The zero-order valence-corrected chi connectivity index (χ0v) is 13.1. The molecule has 100 valence electrons. The molecule has 18 heavy (non-hydrogen) atoms. The fourth-order valence-electron chi connectivity index (χ4n) is 3.33. The smallest absolute Gasteiger partial charge is 0.0934 e. The van der Waals surface area contributed by atoms with Crippen LogP contribution < -0.4 is 5.32 Å². The van der Waals surface area contributed by atoms with Crippen LogP contribution in [0.5, 0.6) is 0 Å². The highest BCUT2D eigenvalue weighted by atomic mass is 35.5. The molecule has 0 bridgehead atoms. The number of hydrogen-bond donors (Lipinski definition) is 1. The van der Waals surface area contributed by atoms with Crippen LogP contribution in [0.3, 0.4) is 0 Å². The number of hydrogen-bond acceptors (Lipinski definition) is 3. The van der Waals surface area contributed by atoms with Crippen molar-refractivity contribution >= 4 is 34.7 Å². The maximum atomic E-state index is 6.13.